The van der Waals surface area contributed by atoms with Crippen LogP contribution in [0, 0.1) is 5.82 Å². The summed E-state index contributed by atoms with van der Waals surface area (Å²) in [6, 6.07) is 8.56. The fourth-order valence-corrected chi connectivity index (χ4v) is 4.13. The third kappa shape index (κ3) is 3.09. The molecule has 0 aliphatic heterocycles. The van der Waals surface area contributed by atoms with Gasteiger partial charge in [0, 0.05) is 27.4 Å². The number of rotatable bonds is 5. The van der Waals surface area contributed by atoms with E-state index in [4.69, 9.17) is 14.3 Å². The van der Waals surface area contributed by atoms with Gasteiger partial charge in [-0.05, 0) is 48.2 Å². The van der Waals surface area contributed by atoms with Gasteiger partial charge < -0.3 is 14.3 Å². The van der Waals surface area contributed by atoms with Crippen molar-refractivity contribution < 1.29 is 23.4 Å². The molecule has 4 rings (SSSR count). The molecule has 4 nitrogen and oxygen atoms in total. The number of hydrogen-bond donors (Lipinski definition) is 1. The molecular formula is C20H16BrFO4. The fourth-order valence-electron chi connectivity index (χ4n) is 3.58. The maximum Gasteiger partial charge on any atom is 0.307 e. The van der Waals surface area contributed by atoms with Crippen LogP contribution in [-0.2, 0) is 17.6 Å². The smallest absolute Gasteiger partial charge is 0.307 e. The van der Waals surface area contributed by atoms with Gasteiger partial charge >= 0.3 is 5.97 Å². The summed E-state index contributed by atoms with van der Waals surface area (Å²) in [5.74, 6) is -0.454. The summed E-state index contributed by atoms with van der Waals surface area (Å²) >= 11 is 3.49. The second-order valence-electron chi connectivity index (χ2n) is 6.46. The second-order valence-corrected chi connectivity index (χ2v) is 7.31. The van der Waals surface area contributed by atoms with Crippen LogP contribution in [0.4, 0.5) is 4.39 Å². The Morgan fingerprint density at radius 3 is 3.00 bits per heavy atom. The lowest BCUT2D eigenvalue weighted by atomic mass is 10.0. The van der Waals surface area contributed by atoms with Crippen LogP contribution in [0.2, 0.25) is 0 Å². The lowest BCUT2D eigenvalue weighted by Gasteiger charge is -2.14. The topological polar surface area (TPSA) is 59.7 Å². The summed E-state index contributed by atoms with van der Waals surface area (Å²) in [5, 5.41) is 9.69. The van der Waals surface area contributed by atoms with Crippen molar-refractivity contribution in [2.45, 2.75) is 25.2 Å². The van der Waals surface area contributed by atoms with E-state index >= 15 is 0 Å². The first-order valence-corrected chi connectivity index (χ1v) is 9.13. The van der Waals surface area contributed by atoms with Gasteiger partial charge in [-0.25, -0.2) is 4.39 Å². The van der Waals surface area contributed by atoms with E-state index in [9.17, 15) is 9.18 Å². The van der Waals surface area contributed by atoms with Crippen molar-refractivity contribution in [1.29, 1.82) is 0 Å². The first-order chi connectivity index (χ1) is 12.5. The van der Waals surface area contributed by atoms with Crippen molar-refractivity contribution >= 4 is 32.9 Å². The number of fused-ring (bicyclic) bond motifs is 2. The van der Waals surface area contributed by atoms with Crippen molar-refractivity contribution in [3.05, 3.63) is 63.6 Å². The molecule has 0 fully saturated rings. The fraction of sp³-hybridized carbons (Fsp3) is 0.250. The SMILES string of the molecule is O=C(O)Cc1coc2cc(OCC3CCc4c(Br)ccc(F)c43)ccc12. The minimum atomic E-state index is -0.902. The number of carbonyl (C=O) groups is 1. The van der Waals surface area contributed by atoms with Crippen molar-refractivity contribution in [2.75, 3.05) is 6.61 Å². The van der Waals surface area contributed by atoms with Gasteiger partial charge in [0.25, 0.3) is 0 Å². The third-order valence-electron chi connectivity index (χ3n) is 4.82. The molecule has 3 aromatic rings. The number of furan rings is 1. The van der Waals surface area contributed by atoms with E-state index in [1.165, 1.54) is 12.3 Å². The molecular weight excluding hydrogens is 403 g/mol. The zero-order valence-electron chi connectivity index (χ0n) is 13.8. The Morgan fingerprint density at radius 2 is 2.19 bits per heavy atom. The lowest BCUT2D eigenvalue weighted by molar-refractivity contribution is -0.136. The zero-order chi connectivity index (χ0) is 18.3. The first kappa shape index (κ1) is 17.1. The number of hydrogen-bond acceptors (Lipinski definition) is 3. The molecule has 0 amide bonds. The molecule has 1 aromatic heterocycles. The predicted octanol–water partition coefficient (Wildman–Crippen LogP) is 5.07. The molecule has 0 radical (unpaired) electrons. The van der Waals surface area contributed by atoms with Crippen LogP contribution in [-0.4, -0.2) is 17.7 Å². The Balaban J connectivity index is 1.51. The Kier molecular flexibility index (Phi) is 4.44. The van der Waals surface area contributed by atoms with Gasteiger partial charge in [0.2, 0.25) is 0 Å². The van der Waals surface area contributed by atoms with Crippen molar-refractivity contribution in [3.63, 3.8) is 0 Å². The Hall–Kier alpha value is -2.34. The number of carboxylic acids is 1. The Bertz CT molecular complexity index is 995. The Morgan fingerprint density at radius 1 is 1.35 bits per heavy atom. The summed E-state index contributed by atoms with van der Waals surface area (Å²) in [6.07, 6.45) is 3.06. The maximum atomic E-state index is 14.2. The van der Waals surface area contributed by atoms with Crippen LogP contribution in [0.5, 0.6) is 5.75 Å². The number of carboxylic acid groups (broad SMARTS) is 1. The minimum absolute atomic E-state index is 0.0115. The lowest BCUT2D eigenvalue weighted by Crippen LogP contribution is -2.09. The van der Waals surface area contributed by atoms with Gasteiger partial charge in [-0.15, -0.1) is 0 Å². The summed E-state index contributed by atoms with van der Waals surface area (Å²) in [5.41, 5.74) is 2.98. The molecule has 1 N–H and O–H groups in total. The number of halogens is 2. The third-order valence-corrected chi connectivity index (χ3v) is 5.56. The van der Waals surface area contributed by atoms with Gasteiger partial charge in [-0.1, -0.05) is 15.9 Å². The number of aliphatic carboxylic acids is 1. The molecule has 0 saturated carbocycles. The van der Waals surface area contributed by atoms with Gasteiger partial charge in [-0.3, -0.25) is 4.79 Å². The summed E-state index contributed by atoms with van der Waals surface area (Å²) in [7, 11) is 0. The van der Waals surface area contributed by atoms with Gasteiger partial charge in [0.05, 0.1) is 19.3 Å². The molecule has 1 heterocycles. The molecule has 0 saturated heterocycles. The molecule has 0 spiro atoms. The highest BCUT2D eigenvalue weighted by Gasteiger charge is 2.28. The molecule has 134 valence electrons. The molecule has 6 heteroatoms. The Labute approximate surface area is 157 Å². The molecule has 1 aliphatic carbocycles. The minimum Gasteiger partial charge on any atom is -0.493 e. The van der Waals surface area contributed by atoms with E-state index in [0.717, 1.165) is 33.8 Å². The normalized spacial score (nSPS) is 16.0. The van der Waals surface area contributed by atoms with Crippen molar-refractivity contribution in [2.24, 2.45) is 0 Å². The van der Waals surface area contributed by atoms with E-state index in [0.29, 0.717) is 23.5 Å². The highest BCUT2D eigenvalue weighted by molar-refractivity contribution is 9.10. The summed E-state index contributed by atoms with van der Waals surface area (Å²) < 4.78 is 26.5. The van der Waals surface area contributed by atoms with Crippen LogP contribution in [0.25, 0.3) is 11.0 Å². The zero-order valence-corrected chi connectivity index (χ0v) is 15.4. The van der Waals surface area contributed by atoms with Crippen LogP contribution in [0.3, 0.4) is 0 Å². The van der Waals surface area contributed by atoms with Crippen molar-refractivity contribution in [3.8, 4) is 5.75 Å². The molecule has 1 atom stereocenters. The maximum absolute atomic E-state index is 14.2. The predicted molar refractivity (Wildman–Crippen MR) is 98.2 cm³/mol. The summed E-state index contributed by atoms with van der Waals surface area (Å²) in [4.78, 5) is 10.9. The van der Waals surface area contributed by atoms with Gasteiger partial charge in [0.1, 0.15) is 17.1 Å². The van der Waals surface area contributed by atoms with E-state index in [1.54, 1.807) is 24.3 Å². The van der Waals surface area contributed by atoms with Gasteiger partial charge in [0.15, 0.2) is 0 Å². The quantitative estimate of drug-likeness (QED) is 0.628. The highest BCUT2D eigenvalue weighted by atomic mass is 79.9. The van der Waals surface area contributed by atoms with Crippen molar-refractivity contribution in [1.82, 2.24) is 0 Å². The van der Waals surface area contributed by atoms with E-state index < -0.39 is 5.97 Å². The van der Waals surface area contributed by atoms with Crippen LogP contribution < -0.4 is 4.74 Å². The van der Waals surface area contributed by atoms with E-state index in [-0.39, 0.29) is 18.2 Å². The van der Waals surface area contributed by atoms with Crippen LogP contribution in [0.15, 0.2) is 45.5 Å². The van der Waals surface area contributed by atoms with E-state index in [2.05, 4.69) is 15.9 Å². The molecule has 2 aromatic carbocycles. The molecule has 0 bridgehead atoms. The molecule has 1 unspecified atom stereocenters. The standard InChI is InChI=1S/C20H16BrFO4/c21-16-5-6-17(22)20-11(1-3-15(16)20)9-25-13-2-4-14-12(7-19(23)24)10-26-18(14)8-13/h2,4-6,8,10-11H,1,3,7,9H2,(H,23,24). The average Bonchev–Trinajstić information content (AvgIpc) is 3.21. The van der Waals surface area contributed by atoms with Gasteiger partial charge in [-0.2, -0.15) is 0 Å². The monoisotopic (exact) mass is 418 g/mol. The molecule has 1 aliphatic rings. The molecule has 26 heavy (non-hydrogen) atoms. The number of ether oxygens (including phenoxy) is 1. The average molecular weight is 419 g/mol. The second kappa shape index (κ2) is 6.76. The van der Waals surface area contributed by atoms with Crippen LogP contribution >= 0.6 is 15.9 Å². The largest absolute Gasteiger partial charge is 0.493 e. The van der Waals surface area contributed by atoms with Crippen LogP contribution in [0.1, 0.15) is 29.0 Å². The number of benzene rings is 2. The first-order valence-electron chi connectivity index (χ1n) is 8.34. The summed E-state index contributed by atoms with van der Waals surface area (Å²) in [6.45, 7) is 0.384. The highest BCUT2D eigenvalue weighted by Crippen LogP contribution is 2.39. The van der Waals surface area contributed by atoms with E-state index in [1.807, 2.05) is 0 Å².